The van der Waals surface area contributed by atoms with Crippen molar-refractivity contribution in [3.05, 3.63) is 0 Å². The second kappa shape index (κ2) is 1.80. The van der Waals surface area contributed by atoms with Crippen LogP contribution in [0.2, 0.25) is 0 Å². The van der Waals surface area contributed by atoms with Gasteiger partial charge in [-0.25, -0.2) is 0 Å². The Labute approximate surface area is 43.3 Å². The zero-order valence-electron chi connectivity index (χ0n) is 4.30. The van der Waals surface area contributed by atoms with Gasteiger partial charge in [-0.05, 0) is 18.8 Å². The SMILES string of the molecule is N[C@H]1CC[C@H]1CO. The molecule has 0 bridgehead atoms. The molecule has 0 amide bonds. The van der Waals surface area contributed by atoms with Gasteiger partial charge in [-0.2, -0.15) is 0 Å². The maximum Gasteiger partial charge on any atom is 0.0474 e. The van der Waals surface area contributed by atoms with Crippen LogP contribution in [0.5, 0.6) is 0 Å². The molecule has 0 heterocycles. The monoisotopic (exact) mass is 101 g/mol. The normalized spacial score (nSPS) is 40.3. The molecular weight excluding hydrogens is 90.1 g/mol. The minimum atomic E-state index is 0.279. The second-order valence-corrected chi connectivity index (χ2v) is 2.18. The first-order valence-electron chi connectivity index (χ1n) is 2.71. The van der Waals surface area contributed by atoms with E-state index in [-0.39, 0.29) is 6.61 Å². The van der Waals surface area contributed by atoms with Gasteiger partial charge >= 0.3 is 0 Å². The van der Waals surface area contributed by atoms with Crippen LogP contribution < -0.4 is 5.73 Å². The van der Waals surface area contributed by atoms with Gasteiger partial charge in [0, 0.05) is 12.6 Å². The Bertz CT molecular complexity index is 63.1. The standard InChI is InChI=1S/C5H11NO/c6-5-2-1-4(5)3-7/h4-5,7H,1-3,6H2/t4-,5-/m0/s1. The Morgan fingerprint density at radius 2 is 2.29 bits per heavy atom. The molecule has 0 aliphatic heterocycles. The summed E-state index contributed by atoms with van der Waals surface area (Å²) in [5.74, 6) is 0.417. The highest BCUT2D eigenvalue weighted by Crippen LogP contribution is 2.23. The highest BCUT2D eigenvalue weighted by Gasteiger charge is 2.25. The Kier molecular flexibility index (Phi) is 1.30. The van der Waals surface area contributed by atoms with Crippen LogP contribution >= 0.6 is 0 Å². The van der Waals surface area contributed by atoms with E-state index in [1.54, 1.807) is 0 Å². The molecule has 1 aliphatic carbocycles. The largest absolute Gasteiger partial charge is 0.396 e. The summed E-state index contributed by atoms with van der Waals surface area (Å²) >= 11 is 0. The molecule has 1 fully saturated rings. The molecule has 2 heteroatoms. The summed E-state index contributed by atoms with van der Waals surface area (Å²) < 4.78 is 0. The number of hydrogen-bond acceptors (Lipinski definition) is 2. The van der Waals surface area contributed by atoms with Gasteiger partial charge in [0.2, 0.25) is 0 Å². The lowest BCUT2D eigenvalue weighted by molar-refractivity contribution is 0.138. The maximum absolute atomic E-state index is 8.48. The molecule has 0 unspecified atom stereocenters. The van der Waals surface area contributed by atoms with Gasteiger partial charge < -0.3 is 10.8 Å². The summed E-state index contributed by atoms with van der Waals surface area (Å²) in [5.41, 5.74) is 5.47. The fraction of sp³-hybridized carbons (Fsp3) is 1.00. The number of rotatable bonds is 1. The van der Waals surface area contributed by atoms with E-state index < -0.39 is 0 Å². The first-order chi connectivity index (χ1) is 3.34. The molecule has 2 nitrogen and oxygen atoms in total. The van der Waals surface area contributed by atoms with E-state index in [4.69, 9.17) is 10.8 Å². The summed E-state index contributed by atoms with van der Waals surface area (Å²) in [6.45, 7) is 0.279. The zero-order chi connectivity index (χ0) is 5.28. The molecule has 1 saturated carbocycles. The fourth-order valence-corrected chi connectivity index (χ4v) is 0.821. The van der Waals surface area contributed by atoms with Crippen molar-refractivity contribution in [3.8, 4) is 0 Å². The molecule has 42 valence electrons. The van der Waals surface area contributed by atoms with Crippen molar-refractivity contribution in [2.45, 2.75) is 18.9 Å². The molecule has 3 N–H and O–H groups in total. The lowest BCUT2D eigenvalue weighted by Crippen LogP contribution is -2.41. The van der Waals surface area contributed by atoms with Crippen LogP contribution in [0.25, 0.3) is 0 Å². The Morgan fingerprint density at radius 3 is 2.29 bits per heavy atom. The summed E-state index contributed by atoms with van der Waals surface area (Å²) in [6, 6.07) is 0.296. The van der Waals surface area contributed by atoms with Crippen LogP contribution in [0, 0.1) is 5.92 Å². The summed E-state index contributed by atoms with van der Waals surface area (Å²) in [6.07, 6.45) is 2.23. The van der Waals surface area contributed by atoms with Crippen LogP contribution in [0.4, 0.5) is 0 Å². The predicted octanol–water partition coefficient (Wildman–Crippen LogP) is -0.284. The average Bonchev–Trinajstić information content (AvgIpc) is 1.65. The van der Waals surface area contributed by atoms with Crippen molar-refractivity contribution < 1.29 is 5.11 Å². The number of hydrogen-bond donors (Lipinski definition) is 2. The van der Waals surface area contributed by atoms with Gasteiger partial charge in [-0.1, -0.05) is 0 Å². The smallest absolute Gasteiger partial charge is 0.0474 e. The molecular formula is C5H11NO. The summed E-state index contributed by atoms with van der Waals surface area (Å²) in [5, 5.41) is 8.48. The molecule has 0 aromatic rings. The van der Waals surface area contributed by atoms with Gasteiger partial charge in [0.25, 0.3) is 0 Å². The Balaban J connectivity index is 2.16. The van der Waals surface area contributed by atoms with Crippen LogP contribution in [0.15, 0.2) is 0 Å². The third-order valence-corrected chi connectivity index (χ3v) is 1.71. The minimum Gasteiger partial charge on any atom is -0.396 e. The van der Waals surface area contributed by atoms with E-state index in [0.29, 0.717) is 12.0 Å². The van der Waals surface area contributed by atoms with Gasteiger partial charge in [0.05, 0.1) is 0 Å². The fourth-order valence-electron chi connectivity index (χ4n) is 0.821. The molecule has 0 spiro atoms. The van der Waals surface area contributed by atoms with Crippen molar-refractivity contribution in [1.29, 1.82) is 0 Å². The van der Waals surface area contributed by atoms with Crippen molar-refractivity contribution in [1.82, 2.24) is 0 Å². The Hall–Kier alpha value is -0.0800. The third-order valence-electron chi connectivity index (χ3n) is 1.71. The number of aliphatic hydroxyl groups excluding tert-OH is 1. The van der Waals surface area contributed by atoms with Crippen LogP contribution in [-0.4, -0.2) is 17.8 Å². The van der Waals surface area contributed by atoms with Gasteiger partial charge in [-0.15, -0.1) is 0 Å². The van der Waals surface area contributed by atoms with Crippen LogP contribution in [0.1, 0.15) is 12.8 Å². The van der Waals surface area contributed by atoms with Crippen LogP contribution in [0.3, 0.4) is 0 Å². The molecule has 0 saturated heterocycles. The average molecular weight is 101 g/mol. The predicted molar refractivity (Wildman–Crippen MR) is 27.8 cm³/mol. The Morgan fingerprint density at radius 1 is 1.57 bits per heavy atom. The molecule has 1 rings (SSSR count). The van der Waals surface area contributed by atoms with E-state index in [1.807, 2.05) is 0 Å². The van der Waals surface area contributed by atoms with Crippen molar-refractivity contribution in [2.24, 2.45) is 11.7 Å². The van der Waals surface area contributed by atoms with Crippen LogP contribution in [-0.2, 0) is 0 Å². The highest BCUT2D eigenvalue weighted by atomic mass is 16.3. The third kappa shape index (κ3) is 0.763. The maximum atomic E-state index is 8.48. The first-order valence-corrected chi connectivity index (χ1v) is 2.71. The van der Waals surface area contributed by atoms with Crippen molar-refractivity contribution >= 4 is 0 Å². The minimum absolute atomic E-state index is 0.279. The molecule has 7 heavy (non-hydrogen) atoms. The molecule has 0 aromatic heterocycles. The quantitative estimate of drug-likeness (QED) is 0.477. The topological polar surface area (TPSA) is 46.2 Å². The number of nitrogens with two attached hydrogens (primary N) is 1. The molecule has 2 atom stereocenters. The zero-order valence-corrected chi connectivity index (χ0v) is 4.30. The van der Waals surface area contributed by atoms with E-state index in [2.05, 4.69) is 0 Å². The van der Waals surface area contributed by atoms with E-state index in [1.165, 1.54) is 0 Å². The van der Waals surface area contributed by atoms with E-state index >= 15 is 0 Å². The van der Waals surface area contributed by atoms with Crippen molar-refractivity contribution in [2.75, 3.05) is 6.61 Å². The van der Waals surface area contributed by atoms with Crippen molar-refractivity contribution in [3.63, 3.8) is 0 Å². The molecule has 0 aromatic carbocycles. The van der Waals surface area contributed by atoms with Gasteiger partial charge in [-0.3, -0.25) is 0 Å². The van der Waals surface area contributed by atoms with Gasteiger partial charge in [0.1, 0.15) is 0 Å². The number of aliphatic hydroxyl groups is 1. The molecule has 1 aliphatic rings. The van der Waals surface area contributed by atoms with Gasteiger partial charge in [0.15, 0.2) is 0 Å². The first kappa shape index (κ1) is 5.06. The van der Waals surface area contributed by atoms with E-state index in [9.17, 15) is 0 Å². The molecule has 0 radical (unpaired) electrons. The lowest BCUT2D eigenvalue weighted by Gasteiger charge is -2.31. The lowest BCUT2D eigenvalue weighted by atomic mass is 9.81. The highest BCUT2D eigenvalue weighted by molar-refractivity contribution is 4.82. The summed E-state index contributed by atoms with van der Waals surface area (Å²) in [4.78, 5) is 0. The summed E-state index contributed by atoms with van der Waals surface area (Å²) in [7, 11) is 0. The van der Waals surface area contributed by atoms with E-state index in [0.717, 1.165) is 12.8 Å². The second-order valence-electron chi connectivity index (χ2n) is 2.18.